The van der Waals surface area contributed by atoms with E-state index in [-0.39, 0.29) is 60.1 Å². The molecule has 1 aromatic heterocycles. The van der Waals surface area contributed by atoms with E-state index in [1.165, 1.54) is 42.5 Å². The van der Waals surface area contributed by atoms with Crippen LogP contribution in [-0.2, 0) is 29.6 Å². The second kappa shape index (κ2) is 13.0. The first-order valence-corrected chi connectivity index (χ1v) is 17.1. The maximum absolute atomic E-state index is 12.2. The zero-order chi connectivity index (χ0) is 36.0. The summed E-state index contributed by atoms with van der Waals surface area (Å²) in [5, 5.41) is 40.7. The van der Waals surface area contributed by atoms with Crippen molar-refractivity contribution in [3.05, 3.63) is 87.6 Å². The molecule has 256 valence electrons. The van der Waals surface area contributed by atoms with Gasteiger partial charge in [0.15, 0.2) is 5.75 Å². The van der Waals surface area contributed by atoms with Gasteiger partial charge in [0.05, 0.1) is 55.5 Å². The molecule has 0 saturated heterocycles. The number of fused-ring (bicyclic) bond motifs is 3. The van der Waals surface area contributed by atoms with Crippen molar-refractivity contribution in [2.75, 3.05) is 5.73 Å². The quantitative estimate of drug-likeness (QED) is 0.0238. The number of nitrogen functional groups attached to an aromatic ring is 1. The fourth-order valence-electron chi connectivity index (χ4n) is 4.89. The maximum Gasteiger partial charge on any atom is 0.326 e. The van der Waals surface area contributed by atoms with Crippen molar-refractivity contribution in [2.24, 2.45) is 20.5 Å². The summed E-state index contributed by atoms with van der Waals surface area (Å²) in [6.45, 7) is 0. The van der Waals surface area contributed by atoms with Gasteiger partial charge in [-0.15, -0.1) is 19.7 Å². The van der Waals surface area contributed by atoms with E-state index >= 15 is 0 Å². The smallest absolute Gasteiger partial charge is 0.326 e. The Kier molecular flexibility index (Phi) is 8.93. The van der Waals surface area contributed by atoms with Crippen LogP contribution < -0.4 is 17.0 Å². The minimum absolute atomic E-state index is 0.00153. The van der Waals surface area contributed by atoms with E-state index in [9.17, 15) is 40.6 Å². The molecule has 19 nitrogen and oxygen atoms in total. The van der Waals surface area contributed by atoms with Gasteiger partial charge in [-0.3, -0.25) is 18.9 Å². The minimum atomic E-state index is -4.75. The van der Waals surface area contributed by atoms with E-state index in [1.807, 2.05) is 0 Å². The Balaban J connectivity index is 1.48. The maximum atomic E-state index is 12.2. The Morgan fingerprint density at radius 1 is 0.740 bits per heavy atom. The lowest BCUT2D eigenvalue weighted by Gasteiger charge is -2.11. The highest BCUT2D eigenvalue weighted by Crippen LogP contribution is 2.46. The lowest BCUT2D eigenvalue weighted by molar-refractivity contribution is -0.432. The van der Waals surface area contributed by atoms with Gasteiger partial charge < -0.3 is 15.8 Å². The first kappa shape index (κ1) is 34.3. The molecule has 0 saturated carbocycles. The summed E-state index contributed by atoms with van der Waals surface area (Å²) in [4.78, 5) is 27.2. The Labute approximate surface area is 282 Å². The molecule has 0 spiro atoms. The molecule has 0 unspecified atom stereocenters. The van der Waals surface area contributed by atoms with Gasteiger partial charge in [0.2, 0.25) is 0 Å². The number of hydrogen-bond donors (Lipinski definition) is 7. The molecule has 8 N–H and O–H groups in total. The Bertz CT molecular complexity index is 2780. The number of aromatic hydroxyl groups is 1. The third kappa shape index (κ3) is 6.80. The average molecular weight is 742 g/mol. The standard InChI is InChI=1S/C28H19N7O12S3/c29-19-11-16-12(8-24(19)50(43,44)45)7-23(48-47-46-39)25(26(16)36)35-34-22-6-5-21(15-3-2-14(10-17(15)22)49(40,41)42)33-32-13-1-4-20-18(9-13)27(37)31-28(38)30-20/h1-11,36,39H,29H2,(H,40,41,42)(H,43,44,45)(H2,30,31,37,38). The van der Waals surface area contributed by atoms with Crippen LogP contribution in [-0.4, -0.2) is 46.3 Å². The molecule has 0 aliphatic carbocycles. The summed E-state index contributed by atoms with van der Waals surface area (Å²) in [6, 6.07) is 14.0. The number of nitrogens with zero attached hydrogens (tertiary/aromatic N) is 4. The number of anilines is 1. The van der Waals surface area contributed by atoms with E-state index in [0.29, 0.717) is 12.0 Å². The Morgan fingerprint density at radius 2 is 1.46 bits per heavy atom. The van der Waals surface area contributed by atoms with E-state index in [2.05, 4.69) is 39.8 Å². The van der Waals surface area contributed by atoms with Crippen LogP contribution in [0.25, 0.3) is 32.4 Å². The molecule has 0 bridgehead atoms. The lowest BCUT2D eigenvalue weighted by atomic mass is 10.1. The van der Waals surface area contributed by atoms with Crippen molar-refractivity contribution in [3.8, 4) is 5.75 Å². The normalized spacial score (nSPS) is 12.6. The van der Waals surface area contributed by atoms with E-state index < -0.39 is 52.7 Å². The summed E-state index contributed by atoms with van der Waals surface area (Å²) in [5.41, 5.74) is 4.49. The van der Waals surface area contributed by atoms with Crippen molar-refractivity contribution in [2.45, 2.75) is 14.7 Å². The van der Waals surface area contributed by atoms with Crippen molar-refractivity contribution in [1.29, 1.82) is 0 Å². The van der Waals surface area contributed by atoms with Gasteiger partial charge in [0, 0.05) is 16.2 Å². The van der Waals surface area contributed by atoms with Gasteiger partial charge in [0.25, 0.3) is 25.8 Å². The number of aromatic amines is 2. The summed E-state index contributed by atoms with van der Waals surface area (Å²) in [7, 11) is -9.44. The zero-order valence-corrected chi connectivity index (χ0v) is 26.9. The first-order chi connectivity index (χ1) is 23.6. The fourth-order valence-corrected chi connectivity index (χ4v) is 6.52. The SMILES string of the molecule is Nc1cc2c(O)c(N=Nc3ccc(N=Nc4ccc5[nH]c(=O)[nH]c(=O)c5c4)c4ccc(S(=O)(=O)O)cc34)c(SOOO)cc2cc1S(=O)(=O)O. The summed E-state index contributed by atoms with van der Waals surface area (Å²) >= 11 is 0.339. The number of rotatable bonds is 9. The number of H-pyrrole nitrogens is 2. The van der Waals surface area contributed by atoms with Gasteiger partial charge in [-0.1, -0.05) is 11.1 Å². The third-order valence-corrected chi connectivity index (χ3v) is 9.49. The number of nitrogens with one attached hydrogen (secondary N) is 2. The second-order valence-electron chi connectivity index (χ2n) is 10.2. The van der Waals surface area contributed by atoms with E-state index in [4.69, 9.17) is 11.0 Å². The number of benzene rings is 5. The zero-order valence-electron chi connectivity index (χ0n) is 24.5. The number of nitrogens with two attached hydrogens (primary N) is 1. The summed E-state index contributed by atoms with van der Waals surface area (Å²) in [6.07, 6.45) is 0. The van der Waals surface area contributed by atoms with Crippen molar-refractivity contribution >= 4 is 93.2 Å². The number of phenolic OH excluding ortho intramolecular Hbond substituents is 1. The molecule has 50 heavy (non-hydrogen) atoms. The highest BCUT2D eigenvalue weighted by molar-refractivity contribution is 7.94. The molecule has 0 amide bonds. The number of hydrogen-bond acceptors (Lipinski definition) is 16. The minimum Gasteiger partial charge on any atom is -0.505 e. The van der Waals surface area contributed by atoms with Crippen LogP contribution in [0.5, 0.6) is 5.75 Å². The van der Waals surface area contributed by atoms with Crippen LogP contribution in [0, 0.1) is 0 Å². The highest BCUT2D eigenvalue weighted by atomic mass is 32.2. The molecule has 0 fully saturated rings. The number of azo groups is 2. The van der Waals surface area contributed by atoms with Crippen LogP contribution in [0.3, 0.4) is 0 Å². The Hall–Kier alpha value is -5.59. The summed E-state index contributed by atoms with van der Waals surface area (Å²) in [5.74, 6) is -0.587. The van der Waals surface area contributed by atoms with Crippen LogP contribution in [0.2, 0.25) is 0 Å². The molecule has 22 heteroatoms. The molecule has 0 atom stereocenters. The predicted octanol–water partition coefficient (Wildman–Crippen LogP) is 5.56. The summed E-state index contributed by atoms with van der Waals surface area (Å²) < 4.78 is 71.3. The average Bonchev–Trinajstić information content (AvgIpc) is 3.05. The molecule has 1 heterocycles. The van der Waals surface area contributed by atoms with Gasteiger partial charge in [0.1, 0.15) is 10.6 Å². The van der Waals surface area contributed by atoms with Gasteiger partial charge >= 0.3 is 5.69 Å². The van der Waals surface area contributed by atoms with Gasteiger partial charge in [-0.2, -0.15) is 21.9 Å². The number of phenols is 1. The van der Waals surface area contributed by atoms with Gasteiger partial charge in [-0.05, 0) is 66.0 Å². The van der Waals surface area contributed by atoms with Crippen LogP contribution in [0.4, 0.5) is 28.4 Å². The number of aromatic nitrogens is 2. The molecular formula is C28H19N7O12S3. The molecule has 0 aliphatic rings. The molecule has 5 aromatic carbocycles. The largest absolute Gasteiger partial charge is 0.505 e. The topological polar surface area (TPSA) is 309 Å². The van der Waals surface area contributed by atoms with Crippen molar-refractivity contribution in [1.82, 2.24) is 9.97 Å². The third-order valence-electron chi connectivity index (χ3n) is 7.11. The van der Waals surface area contributed by atoms with Crippen LogP contribution in [0.1, 0.15) is 0 Å². The molecule has 6 rings (SSSR count). The Morgan fingerprint density at radius 3 is 2.16 bits per heavy atom. The van der Waals surface area contributed by atoms with Crippen LogP contribution in [0.15, 0.2) is 111 Å². The lowest BCUT2D eigenvalue weighted by Crippen LogP contribution is -2.21. The predicted molar refractivity (Wildman–Crippen MR) is 178 cm³/mol. The van der Waals surface area contributed by atoms with E-state index in [0.717, 1.165) is 24.3 Å². The van der Waals surface area contributed by atoms with Gasteiger partial charge in [-0.25, -0.2) is 10.1 Å². The van der Waals surface area contributed by atoms with Crippen molar-refractivity contribution in [3.63, 3.8) is 0 Å². The molecule has 6 aromatic rings. The molecular weight excluding hydrogens is 723 g/mol. The van der Waals surface area contributed by atoms with Crippen LogP contribution >= 0.6 is 12.0 Å². The van der Waals surface area contributed by atoms with E-state index in [1.54, 1.807) is 0 Å². The first-order valence-electron chi connectivity index (χ1n) is 13.5. The van der Waals surface area contributed by atoms with Crippen molar-refractivity contribution < 1.29 is 45.7 Å². The monoisotopic (exact) mass is 741 g/mol. The highest BCUT2D eigenvalue weighted by Gasteiger charge is 2.21. The fraction of sp³-hybridized carbons (Fsp3) is 0. The molecule has 0 radical (unpaired) electrons. The molecule has 0 aliphatic heterocycles. The second-order valence-corrected chi connectivity index (χ2v) is 13.8.